The zero-order chi connectivity index (χ0) is 39.9. The molecule has 6 aromatic rings. The third-order valence-electron chi connectivity index (χ3n) is 9.13. The van der Waals surface area contributed by atoms with Gasteiger partial charge in [0.2, 0.25) is 0 Å². The number of benzene rings is 6. The van der Waals surface area contributed by atoms with E-state index < -0.39 is 22.7 Å². The van der Waals surface area contributed by atoms with Crippen molar-refractivity contribution in [1.82, 2.24) is 0 Å². The van der Waals surface area contributed by atoms with Crippen LogP contribution in [0.25, 0.3) is 0 Å². The number of esters is 1. The molecule has 0 aliphatic carbocycles. The first-order valence-electron chi connectivity index (χ1n) is 18.6. The summed E-state index contributed by atoms with van der Waals surface area (Å²) in [4.78, 5) is 13.5. The number of aryl methyl sites for hydroxylation is 4. The van der Waals surface area contributed by atoms with Crippen LogP contribution in [0, 0.1) is 27.7 Å². The van der Waals surface area contributed by atoms with Crippen LogP contribution in [-0.4, -0.2) is 33.6 Å². The van der Waals surface area contributed by atoms with E-state index in [2.05, 4.69) is 71.2 Å². The minimum Gasteiger partial charge on any atom is -0.586 e. The van der Waals surface area contributed by atoms with Crippen LogP contribution in [0.2, 0.25) is 0 Å². The number of carbonyl (C=O) groups is 1. The van der Waals surface area contributed by atoms with Gasteiger partial charge in [-0.1, -0.05) is 141 Å². The second-order valence-electron chi connectivity index (χ2n) is 13.5. The van der Waals surface area contributed by atoms with Crippen molar-refractivity contribution in [3.05, 3.63) is 201 Å². The summed E-state index contributed by atoms with van der Waals surface area (Å²) in [5, 5.41) is 0. The van der Waals surface area contributed by atoms with E-state index in [1.165, 1.54) is 27.8 Å². The van der Waals surface area contributed by atoms with Gasteiger partial charge in [-0.3, -0.25) is 4.79 Å². The lowest BCUT2D eigenvalue weighted by Crippen LogP contribution is -2.14. The average Bonchev–Trinajstić information content (AvgIpc) is 3.20. The Morgan fingerprint density at radius 1 is 0.607 bits per heavy atom. The molecule has 2 unspecified atom stereocenters. The fourth-order valence-corrected chi connectivity index (χ4v) is 7.31. The number of hydrogen-bond acceptors (Lipinski definition) is 6. The summed E-state index contributed by atoms with van der Waals surface area (Å²) in [6.45, 7) is 10.3. The van der Waals surface area contributed by atoms with Crippen molar-refractivity contribution in [2.24, 2.45) is 8.80 Å². The van der Waals surface area contributed by atoms with E-state index in [0.29, 0.717) is 17.2 Å². The normalized spacial score (nSPS) is 12.4. The largest absolute Gasteiger partial charge is 0.586 e. The van der Waals surface area contributed by atoms with Crippen molar-refractivity contribution in [2.75, 3.05) is 6.61 Å². The summed E-state index contributed by atoms with van der Waals surface area (Å²) in [6, 6.07) is 47.9. The molecule has 2 atom stereocenters. The maximum Gasteiger partial charge on any atom is 0.312 e. The summed E-state index contributed by atoms with van der Waals surface area (Å²) in [7, 11) is 0. The molecule has 0 aromatic heterocycles. The fraction of sp³-hybridized carbons (Fsp3) is 0.188. The monoisotopic (exact) mass is 780 g/mol. The number of ether oxygens (including phenoxy) is 1. The fourth-order valence-electron chi connectivity index (χ4n) is 5.76. The van der Waals surface area contributed by atoms with E-state index in [1.54, 1.807) is 25.3 Å². The van der Waals surface area contributed by atoms with Gasteiger partial charge in [-0.2, -0.15) is 0 Å². The lowest BCUT2D eigenvalue weighted by atomic mass is 9.98. The number of rotatable bonds is 13. The molecule has 0 heterocycles. The first-order chi connectivity index (χ1) is 27.1. The van der Waals surface area contributed by atoms with E-state index in [-0.39, 0.29) is 12.4 Å². The molecule has 6 nitrogen and oxygen atoms in total. The Labute approximate surface area is 338 Å². The van der Waals surface area contributed by atoms with Crippen molar-refractivity contribution in [3.8, 4) is 0 Å². The van der Waals surface area contributed by atoms with Gasteiger partial charge in [-0.25, -0.2) is 0 Å². The first-order valence-corrected chi connectivity index (χ1v) is 20.8. The Morgan fingerprint density at radius 3 is 1.55 bits per heavy atom. The van der Waals surface area contributed by atoms with Gasteiger partial charge in [0.15, 0.2) is 9.79 Å². The SMILES string of the molecule is CCOC(=O)CC(=N[S+]([O-])c1ccc(C)cc1)c1ccc(Cc2ccccc2C)cc1.Cc1ccc([S+]([O-])N=Cc2ccc(Cc3ccccc3C)cc2)cc1. The maximum absolute atomic E-state index is 12.8. The summed E-state index contributed by atoms with van der Waals surface area (Å²) in [5.74, 6) is -0.383. The zero-order valence-electron chi connectivity index (χ0n) is 32.6. The minimum atomic E-state index is -1.60. The highest BCUT2D eigenvalue weighted by atomic mass is 32.2. The first kappa shape index (κ1) is 41.9. The summed E-state index contributed by atoms with van der Waals surface area (Å²) in [5.41, 5.74) is 12.0. The van der Waals surface area contributed by atoms with Crippen molar-refractivity contribution < 1.29 is 18.6 Å². The van der Waals surface area contributed by atoms with E-state index in [1.807, 2.05) is 98.8 Å². The Hall–Kier alpha value is -5.25. The topological polar surface area (TPSA) is 97.1 Å². The van der Waals surface area contributed by atoms with Crippen LogP contribution in [0.1, 0.15) is 69.0 Å². The molecule has 6 rings (SSSR count). The highest BCUT2D eigenvalue weighted by Crippen LogP contribution is 2.20. The summed E-state index contributed by atoms with van der Waals surface area (Å²) < 4.78 is 38.6. The molecule has 0 spiro atoms. The predicted octanol–water partition coefficient (Wildman–Crippen LogP) is 10.4. The summed E-state index contributed by atoms with van der Waals surface area (Å²) >= 11 is -2.97. The molecule has 8 heteroatoms. The van der Waals surface area contributed by atoms with E-state index in [9.17, 15) is 13.9 Å². The van der Waals surface area contributed by atoms with E-state index in [0.717, 1.165) is 45.6 Å². The zero-order valence-corrected chi connectivity index (χ0v) is 34.2. The molecule has 0 radical (unpaired) electrons. The molecule has 0 saturated heterocycles. The second kappa shape index (κ2) is 21.2. The van der Waals surface area contributed by atoms with E-state index >= 15 is 0 Å². The van der Waals surface area contributed by atoms with Gasteiger partial charge >= 0.3 is 5.97 Å². The van der Waals surface area contributed by atoms with Crippen LogP contribution in [0.3, 0.4) is 0 Å². The number of carbonyl (C=O) groups excluding carboxylic acids is 1. The standard InChI is InChI=1S/C26H27NO3S.C22H21NOS/c1-4-30-26(28)18-25(27-31(29)24-15-9-19(2)10-16-24)22-13-11-21(12-14-22)17-23-8-6-5-7-20(23)3;1-17-7-13-22(14-8-17)25(24)23-16-20-11-9-19(10-12-20)15-21-6-4-3-5-18(21)2/h5-16H,4,17-18H2,1-3H3;3-14,16H,15H2,1-2H3. The predicted molar refractivity (Wildman–Crippen MR) is 231 cm³/mol. The Balaban J connectivity index is 0.000000219. The molecule has 0 fully saturated rings. The van der Waals surface area contributed by atoms with Crippen molar-refractivity contribution in [3.63, 3.8) is 0 Å². The van der Waals surface area contributed by atoms with Gasteiger partial charge in [-0.05, 0) is 111 Å². The van der Waals surface area contributed by atoms with Crippen LogP contribution in [0.5, 0.6) is 0 Å². The molecule has 0 saturated carbocycles. The number of nitrogens with zero attached hydrogens (tertiary/aromatic N) is 2. The van der Waals surface area contributed by atoms with Gasteiger partial charge < -0.3 is 13.8 Å². The minimum absolute atomic E-state index is 0.0252. The third kappa shape index (κ3) is 12.9. The second-order valence-corrected chi connectivity index (χ2v) is 15.9. The lowest BCUT2D eigenvalue weighted by Gasteiger charge is -2.10. The quantitative estimate of drug-likeness (QED) is 0.0662. The third-order valence-corrected chi connectivity index (χ3v) is 11.2. The van der Waals surface area contributed by atoms with Gasteiger partial charge in [0.05, 0.1) is 19.2 Å². The van der Waals surface area contributed by atoms with E-state index in [4.69, 9.17) is 4.74 Å². The Morgan fingerprint density at radius 2 is 1.07 bits per heavy atom. The van der Waals surface area contributed by atoms with Gasteiger partial charge in [0.25, 0.3) is 0 Å². The van der Waals surface area contributed by atoms with Crippen LogP contribution >= 0.6 is 0 Å². The van der Waals surface area contributed by atoms with Crippen LogP contribution in [0.4, 0.5) is 0 Å². The van der Waals surface area contributed by atoms with Gasteiger partial charge in [0.1, 0.15) is 28.4 Å². The van der Waals surface area contributed by atoms with Crippen LogP contribution in [0.15, 0.2) is 164 Å². The maximum atomic E-state index is 12.8. The van der Waals surface area contributed by atoms with Crippen molar-refractivity contribution in [1.29, 1.82) is 0 Å². The van der Waals surface area contributed by atoms with Crippen LogP contribution in [-0.2, 0) is 45.1 Å². The number of hydrogen-bond donors (Lipinski definition) is 0. The molecule has 0 amide bonds. The van der Waals surface area contributed by atoms with Gasteiger partial charge in [-0.15, -0.1) is 0 Å². The molecule has 0 bridgehead atoms. The van der Waals surface area contributed by atoms with Gasteiger partial charge in [0, 0.05) is 5.56 Å². The Kier molecular flexibility index (Phi) is 15.8. The molecule has 6 aromatic carbocycles. The van der Waals surface area contributed by atoms with Crippen molar-refractivity contribution >= 4 is 40.6 Å². The van der Waals surface area contributed by atoms with Crippen LogP contribution < -0.4 is 0 Å². The molecule has 56 heavy (non-hydrogen) atoms. The highest BCUT2D eigenvalue weighted by Gasteiger charge is 2.18. The smallest absolute Gasteiger partial charge is 0.312 e. The molecule has 0 aliphatic heterocycles. The van der Waals surface area contributed by atoms with Crippen molar-refractivity contribution in [2.45, 2.75) is 63.7 Å². The highest BCUT2D eigenvalue weighted by molar-refractivity contribution is 7.90. The lowest BCUT2D eigenvalue weighted by molar-refractivity contribution is -0.141. The Bertz CT molecular complexity index is 2220. The summed E-state index contributed by atoms with van der Waals surface area (Å²) in [6.07, 6.45) is 3.39. The molecule has 0 aliphatic rings. The molecule has 0 N–H and O–H groups in total. The molecule has 286 valence electrons. The molecular formula is C48H48N2O4S2. The average molecular weight is 781 g/mol. The molecular weight excluding hydrogens is 733 g/mol.